The van der Waals surface area contributed by atoms with Gasteiger partial charge < -0.3 is 24.8 Å². The van der Waals surface area contributed by atoms with E-state index in [1.807, 2.05) is 0 Å². The van der Waals surface area contributed by atoms with E-state index in [0.717, 1.165) is 0 Å². The van der Waals surface area contributed by atoms with Crippen LogP contribution >= 0.6 is 35.4 Å². The maximum atomic E-state index is 12.8. The lowest BCUT2D eigenvalue weighted by Gasteiger charge is -2.30. The molecule has 0 aliphatic carbocycles. The fourth-order valence-corrected chi connectivity index (χ4v) is 5.17. The fraction of sp³-hybridized carbons (Fsp3) is 0.194. The van der Waals surface area contributed by atoms with E-state index in [1.54, 1.807) is 68.4 Å². The summed E-state index contributed by atoms with van der Waals surface area (Å²) in [4.78, 5) is 25.4. The molecule has 1 amide bonds. The molecule has 4 rings (SSSR count). The summed E-state index contributed by atoms with van der Waals surface area (Å²) in [7, 11) is 0. The van der Waals surface area contributed by atoms with Crippen LogP contribution in [0, 0.1) is 11.3 Å². The highest BCUT2D eigenvalue weighted by Gasteiger charge is 2.32. The van der Waals surface area contributed by atoms with Crippen LogP contribution in [-0.2, 0) is 20.9 Å². The molecule has 0 spiro atoms. The van der Waals surface area contributed by atoms with Crippen LogP contribution in [0.2, 0.25) is 10.0 Å². The third kappa shape index (κ3) is 8.05. The second-order valence-electron chi connectivity index (χ2n) is 9.27. The number of para-hydroxylation sites is 1. The number of thiocarbonyl (C=S) groups is 1. The topological polar surface area (TPSA) is 134 Å². The molecule has 3 aromatic carbocycles. The molecule has 44 heavy (non-hydrogen) atoms. The highest BCUT2D eigenvalue weighted by molar-refractivity contribution is 7.80. The molecule has 13 heteroatoms. The molecule has 0 aromatic heterocycles. The van der Waals surface area contributed by atoms with Gasteiger partial charge in [0.25, 0.3) is 5.91 Å². The molecule has 0 radical (unpaired) electrons. The number of nitriles is 1. The van der Waals surface area contributed by atoms with Crippen molar-refractivity contribution >= 4 is 58.6 Å². The molecule has 1 aliphatic rings. The van der Waals surface area contributed by atoms with Gasteiger partial charge in [-0.1, -0.05) is 59.6 Å². The molecule has 0 saturated heterocycles. The molecule has 0 unspecified atom stereocenters. The van der Waals surface area contributed by atoms with Gasteiger partial charge in [0, 0.05) is 27.4 Å². The summed E-state index contributed by atoms with van der Waals surface area (Å²) in [5.41, 5.74) is 5.45. The quantitative estimate of drug-likeness (QED) is 0.109. The summed E-state index contributed by atoms with van der Waals surface area (Å²) in [5, 5.41) is 20.3. The zero-order valence-corrected chi connectivity index (χ0v) is 26.0. The first-order chi connectivity index (χ1) is 21.2. The van der Waals surface area contributed by atoms with Crippen molar-refractivity contribution in [2.75, 3.05) is 13.2 Å². The van der Waals surface area contributed by atoms with Crippen molar-refractivity contribution in [1.29, 1.82) is 5.26 Å². The first-order valence-electron chi connectivity index (χ1n) is 13.3. The van der Waals surface area contributed by atoms with Gasteiger partial charge in [-0.2, -0.15) is 10.4 Å². The Morgan fingerprint density at radius 3 is 2.66 bits per heavy atom. The van der Waals surface area contributed by atoms with Gasteiger partial charge >= 0.3 is 5.97 Å². The number of benzene rings is 3. The van der Waals surface area contributed by atoms with E-state index in [4.69, 9.17) is 49.6 Å². The number of allylic oxidation sites excluding steroid dienone is 1. The Labute approximate surface area is 269 Å². The number of hydrazone groups is 1. The molecule has 1 atom stereocenters. The number of nitrogens with zero attached hydrogens (tertiary/aromatic N) is 2. The van der Waals surface area contributed by atoms with Crippen LogP contribution in [0.25, 0.3) is 0 Å². The highest BCUT2D eigenvalue weighted by atomic mass is 35.5. The number of esters is 1. The number of carbonyl (C=O) groups excluding carboxylic acids is 2. The van der Waals surface area contributed by atoms with Gasteiger partial charge in [-0.25, -0.2) is 10.2 Å². The first-order valence-corrected chi connectivity index (χ1v) is 14.5. The molecular weight excluding hydrogens is 625 g/mol. The van der Waals surface area contributed by atoms with Crippen LogP contribution in [0.3, 0.4) is 0 Å². The Bertz CT molecular complexity index is 1690. The second kappa shape index (κ2) is 15.2. The van der Waals surface area contributed by atoms with Gasteiger partial charge in [0.15, 0.2) is 11.7 Å². The molecular formula is C31H27Cl2N5O5S. The van der Waals surface area contributed by atoms with Crippen LogP contribution in [-0.4, -0.2) is 36.4 Å². The van der Waals surface area contributed by atoms with Crippen LogP contribution in [0.5, 0.6) is 11.5 Å². The lowest BCUT2D eigenvalue weighted by Crippen LogP contribution is -2.45. The largest absolute Gasteiger partial charge is 0.487 e. The van der Waals surface area contributed by atoms with Crippen molar-refractivity contribution in [3.63, 3.8) is 0 Å². The van der Waals surface area contributed by atoms with E-state index in [9.17, 15) is 14.9 Å². The van der Waals surface area contributed by atoms with E-state index in [2.05, 4.69) is 27.2 Å². The maximum absolute atomic E-state index is 12.8. The molecule has 1 aliphatic heterocycles. The van der Waals surface area contributed by atoms with Crippen molar-refractivity contribution in [2.24, 2.45) is 5.10 Å². The minimum atomic E-state index is -0.661. The van der Waals surface area contributed by atoms with Crippen molar-refractivity contribution in [3.8, 4) is 17.6 Å². The average Bonchev–Trinajstić information content (AvgIpc) is 2.99. The summed E-state index contributed by atoms with van der Waals surface area (Å²) in [6.07, 6.45) is 1.34. The van der Waals surface area contributed by atoms with E-state index in [-0.39, 0.29) is 30.6 Å². The normalized spacial score (nSPS) is 14.3. The molecule has 3 N–H and O–H groups in total. The van der Waals surface area contributed by atoms with Crippen LogP contribution in [0.4, 0.5) is 0 Å². The minimum absolute atomic E-state index is 0.0781. The molecule has 0 saturated carbocycles. The van der Waals surface area contributed by atoms with Gasteiger partial charge in [0.1, 0.15) is 18.1 Å². The van der Waals surface area contributed by atoms with Gasteiger partial charge in [0.05, 0.1) is 41.1 Å². The summed E-state index contributed by atoms with van der Waals surface area (Å²) in [6.45, 7) is 3.35. The fourth-order valence-electron chi connectivity index (χ4n) is 4.34. The van der Waals surface area contributed by atoms with Crippen molar-refractivity contribution in [1.82, 2.24) is 16.1 Å². The number of hydrogen-bond acceptors (Lipinski definition) is 8. The number of rotatable bonds is 11. The predicted molar refractivity (Wildman–Crippen MR) is 171 cm³/mol. The Hall–Kier alpha value is -4.63. The molecule has 0 bridgehead atoms. The van der Waals surface area contributed by atoms with Crippen LogP contribution in [0.1, 0.15) is 42.1 Å². The lowest BCUT2D eigenvalue weighted by atomic mass is 9.95. The molecule has 3 aromatic rings. The van der Waals surface area contributed by atoms with Gasteiger partial charge in [-0.15, -0.1) is 0 Å². The Morgan fingerprint density at radius 1 is 1.14 bits per heavy atom. The number of carbonyl (C=O) groups is 2. The number of hydrogen-bond donors (Lipinski definition) is 3. The Morgan fingerprint density at radius 2 is 1.89 bits per heavy atom. The van der Waals surface area contributed by atoms with E-state index in [1.165, 1.54) is 12.3 Å². The van der Waals surface area contributed by atoms with Gasteiger partial charge in [0.2, 0.25) is 0 Å². The van der Waals surface area contributed by atoms with Gasteiger partial charge in [-0.05, 0) is 50.3 Å². The number of nitrogens with one attached hydrogen (secondary N) is 3. The predicted octanol–water partition coefficient (Wildman–Crippen LogP) is 5.33. The molecule has 1 heterocycles. The standard InChI is InChI=1S/C31H27Cl2N5O5S/c1-3-41-30(40)27-18(2)36-31(44)37-28(27)23-10-6-7-11-25(23)42-17-26(39)38-35-15-21-12-22(32)13-24(33)29(21)43-16-20-9-5-4-8-19(20)14-34/h4-13,15,28H,3,16-17H2,1-2H3,(H,38,39)(H2,36,37,44)/t28-/m1/s1. The van der Waals surface area contributed by atoms with Crippen molar-refractivity contribution in [3.05, 3.63) is 104 Å². The SMILES string of the molecule is CCOC(=O)C1=C(C)NC(=S)N[C@@H]1c1ccccc1OCC(=O)NN=Cc1cc(Cl)cc(Cl)c1OCc1ccccc1C#N. The summed E-state index contributed by atoms with van der Waals surface area (Å²) < 4.78 is 17.0. The van der Waals surface area contributed by atoms with Gasteiger partial charge in [-0.3, -0.25) is 4.79 Å². The first kappa shape index (κ1) is 32.3. The highest BCUT2D eigenvalue weighted by Crippen LogP contribution is 2.34. The van der Waals surface area contributed by atoms with E-state index in [0.29, 0.717) is 49.4 Å². The summed E-state index contributed by atoms with van der Waals surface area (Å²) in [5.74, 6) is -0.419. The Balaban J connectivity index is 1.45. The maximum Gasteiger partial charge on any atom is 0.338 e. The monoisotopic (exact) mass is 651 g/mol. The third-order valence-electron chi connectivity index (χ3n) is 6.29. The molecule has 226 valence electrons. The minimum Gasteiger partial charge on any atom is -0.487 e. The number of halogens is 2. The summed E-state index contributed by atoms with van der Waals surface area (Å²) in [6, 6.07) is 18.6. The second-order valence-corrected chi connectivity index (χ2v) is 10.5. The molecule has 10 nitrogen and oxygen atoms in total. The smallest absolute Gasteiger partial charge is 0.338 e. The number of amides is 1. The number of ether oxygens (including phenoxy) is 3. The van der Waals surface area contributed by atoms with E-state index < -0.39 is 17.9 Å². The lowest BCUT2D eigenvalue weighted by molar-refractivity contribution is -0.139. The average molecular weight is 653 g/mol. The van der Waals surface area contributed by atoms with Crippen LogP contribution < -0.4 is 25.5 Å². The third-order valence-corrected chi connectivity index (χ3v) is 7.01. The Kier molecular flexibility index (Phi) is 11.2. The van der Waals surface area contributed by atoms with Crippen LogP contribution in [0.15, 0.2) is 77.0 Å². The zero-order chi connectivity index (χ0) is 31.6. The van der Waals surface area contributed by atoms with Crippen molar-refractivity contribution in [2.45, 2.75) is 26.5 Å². The zero-order valence-electron chi connectivity index (χ0n) is 23.6. The van der Waals surface area contributed by atoms with E-state index >= 15 is 0 Å². The molecule has 0 fully saturated rings. The summed E-state index contributed by atoms with van der Waals surface area (Å²) >= 11 is 17.9. The van der Waals surface area contributed by atoms with Crippen molar-refractivity contribution < 1.29 is 23.8 Å².